The summed E-state index contributed by atoms with van der Waals surface area (Å²) < 4.78 is 5.10. The van der Waals surface area contributed by atoms with Crippen LogP contribution in [0.3, 0.4) is 0 Å². The molecule has 0 radical (unpaired) electrons. The smallest absolute Gasteiger partial charge is 0.338 e. The maximum absolute atomic E-state index is 12.0. The molecule has 0 aliphatic carbocycles. The van der Waals surface area contributed by atoms with Gasteiger partial charge in [0.2, 0.25) is 0 Å². The van der Waals surface area contributed by atoms with Gasteiger partial charge in [0.25, 0.3) is 0 Å². The van der Waals surface area contributed by atoms with Crippen molar-refractivity contribution in [2.45, 2.75) is 18.9 Å². The van der Waals surface area contributed by atoms with Gasteiger partial charge in [-0.05, 0) is 47.9 Å². The number of carbonyl (C=O) groups is 1. The van der Waals surface area contributed by atoms with E-state index in [2.05, 4.69) is 43.0 Å². The SMILES string of the molecule is C=C1CON(c2ccc(C(=O)OCC)cc2)[C@H](c2ccccc2)[C@H]1c1ccccc1. The van der Waals surface area contributed by atoms with Gasteiger partial charge in [-0.15, -0.1) is 0 Å². The molecular weight excluding hydrogens is 374 g/mol. The highest BCUT2D eigenvalue weighted by Crippen LogP contribution is 2.45. The van der Waals surface area contributed by atoms with E-state index in [4.69, 9.17) is 9.57 Å². The van der Waals surface area contributed by atoms with Crippen LogP contribution in [-0.2, 0) is 9.57 Å². The van der Waals surface area contributed by atoms with Crippen LogP contribution in [0.2, 0.25) is 0 Å². The lowest BCUT2D eigenvalue weighted by Gasteiger charge is -2.43. The molecule has 3 aromatic carbocycles. The molecule has 1 heterocycles. The molecule has 0 spiro atoms. The monoisotopic (exact) mass is 399 g/mol. The van der Waals surface area contributed by atoms with E-state index in [1.807, 2.05) is 41.5 Å². The van der Waals surface area contributed by atoms with Crippen LogP contribution in [0, 0.1) is 0 Å². The van der Waals surface area contributed by atoms with E-state index < -0.39 is 0 Å². The molecule has 0 aromatic heterocycles. The first-order valence-corrected chi connectivity index (χ1v) is 10.2. The Morgan fingerprint density at radius 1 is 0.967 bits per heavy atom. The maximum atomic E-state index is 12.0. The van der Waals surface area contributed by atoms with E-state index in [1.54, 1.807) is 19.1 Å². The zero-order chi connectivity index (χ0) is 20.9. The summed E-state index contributed by atoms with van der Waals surface area (Å²) in [7, 11) is 0. The summed E-state index contributed by atoms with van der Waals surface area (Å²) in [4.78, 5) is 18.2. The Kier molecular flexibility index (Phi) is 5.96. The van der Waals surface area contributed by atoms with Gasteiger partial charge in [-0.2, -0.15) is 0 Å². The zero-order valence-electron chi connectivity index (χ0n) is 17.0. The first kappa shape index (κ1) is 19.9. The van der Waals surface area contributed by atoms with Crippen molar-refractivity contribution in [1.29, 1.82) is 0 Å². The van der Waals surface area contributed by atoms with Crippen LogP contribution >= 0.6 is 0 Å². The molecule has 0 N–H and O–H groups in total. The summed E-state index contributed by atoms with van der Waals surface area (Å²) in [5, 5.41) is 1.94. The van der Waals surface area contributed by atoms with E-state index in [1.165, 1.54) is 5.56 Å². The van der Waals surface area contributed by atoms with Crippen LogP contribution in [0.15, 0.2) is 97.1 Å². The van der Waals surface area contributed by atoms with E-state index in [-0.39, 0.29) is 17.9 Å². The minimum atomic E-state index is -0.321. The zero-order valence-corrected chi connectivity index (χ0v) is 17.0. The summed E-state index contributed by atoms with van der Waals surface area (Å²) in [5.41, 5.74) is 4.78. The normalized spacial score (nSPS) is 18.8. The largest absolute Gasteiger partial charge is 0.462 e. The van der Waals surface area contributed by atoms with Crippen LogP contribution in [0.25, 0.3) is 0 Å². The molecule has 0 saturated carbocycles. The van der Waals surface area contributed by atoms with Gasteiger partial charge in [0.15, 0.2) is 0 Å². The molecule has 0 amide bonds. The van der Waals surface area contributed by atoms with Gasteiger partial charge in [-0.25, -0.2) is 9.86 Å². The molecule has 4 heteroatoms. The van der Waals surface area contributed by atoms with E-state index in [0.29, 0.717) is 18.8 Å². The molecule has 4 nitrogen and oxygen atoms in total. The number of nitrogens with zero attached hydrogens (tertiary/aromatic N) is 1. The molecule has 2 atom stereocenters. The molecule has 30 heavy (non-hydrogen) atoms. The molecule has 0 bridgehead atoms. The quantitative estimate of drug-likeness (QED) is 0.408. The highest BCUT2D eigenvalue weighted by Gasteiger charge is 2.37. The van der Waals surface area contributed by atoms with Crippen LogP contribution in [-0.4, -0.2) is 19.2 Å². The lowest BCUT2D eigenvalue weighted by Crippen LogP contribution is -2.39. The highest BCUT2D eigenvalue weighted by molar-refractivity contribution is 5.89. The van der Waals surface area contributed by atoms with Crippen LogP contribution in [0.1, 0.15) is 40.4 Å². The average molecular weight is 399 g/mol. The Bertz CT molecular complexity index is 999. The summed E-state index contributed by atoms with van der Waals surface area (Å²) in [6.07, 6.45) is 0. The number of ether oxygens (including phenoxy) is 1. The van der Waals surface area contributed by atoms with Crippen molar-refractivity contribution in [2.75, 3.05) is 18.3 Å². The Morgan fingerprint density at radius 3 is 2.17 bits per heavy atom. The van der Waals surface area contributed by atoms with Crippen molar-refractivity contribution in [3.63, 3.8) is 0 Å². The predicted octanol–water partition coefficient (Wildman–Crippen LogP) is 5.70. The fourth-order valence-corrected chi connectivity index (χ4v) is 3.93. The fraction of sp³-hybridized carbons (Fsp3) is 0.192. The van der Waals surface area contributed by atoms with Gasteiger partial charge in [0.05, 0.1) is 30.5 Å². The lowest BCUT2D eigenvalue weighted by molar-refractivity contribution is 0.0525. The fourth-order valence-electron chi connectivity index (χ4n) is 3.93. The van der Waals surface area contributed by atoms with E-state index >= 15 is 0 Å². The third kappa shape index (κ3) is 4.00. The van der Waals surface area contributed by atoms with Crippen LogP contribution in [0.5, 0.6) is 0 Å². The highest BCUT2D eigenvalue weighted by atomic mass is 16.7. The number of anilines is 1. The second-order valence-corrected chi connectivity index (χ2v) is 7.27. The number of carbonyl (C=O) groups excluding carboxylic acids is 1. The number of hydroxylamine groups is 1. The first-order chi connectivity index (χ1) is 14.7. The third-order valence-electron chi connectivity index (χ3n) is 5.33. The van der Waals surface area contributed by atoms with Crippen molar-refractivity contribution < 1.29 is 14.4 Å². The second kappa shape index (κ2) is 8.97. The van der Waals surface area contributed by atoms with Gasteiger partial charge in [-0.3, -0.25) is 4.84 Å². The van der Waals surface area contributed by atoms with Crippen molar-refractivity contribution in [2.24, 2.45) is 0 Å². The third-order valence-corrected chi connectivity index (χ3v) is 5.33. The van der Waals surface area contributed by atoms with Crippen molar-refractivity contribution in [3.8, 4) is 0 Å². The molecule has 1 saturated heterocycles. The number of esters is 1. The topological polar surface area (TPSA) is 38.8 Å². The minimum absolute atomic E-state index is 0.0760. The van der Waals surface area contributed by atoms with Crippen molar-refractivity contribution >= 4 is 11.7 Å². The molecule has 152 valence electrons. The molecule has 4 rings (SSSR count). The average Bonchev–Trinajstić information content (AvgIpc) is 2.80. The van der Waals surface area contributed by atoms with Gasteiger partial charge >= 0.3 is 5.97 Å². The van der Waals surface area contributed by atoms with Crippen molar-refractivity contribution in [1.82, 2.24) is 0 Å². The molecule has 3 aromatic rings. The minimum Gasteiger partial charge on any atom is -0.462 e. The molecule has 0 unspecified atom stereocenters. The summed E-state index contributed by atoms with van der Waals surface area (Å²) in [6, 6.07) is 28.0. The Morgan fingerprint density at radius 2 is 1.57 bits per heavy atom. The number of hydrogen-bond acceptors (Lipinski definition) is 4. The van der Waals surface area contributed by atoms with E-state index in [9.17, 15) is 4.79 Å². The predicted molar refractivity (Wildman–Crippen MR) is 118 cm³/mol. The Labute approximate surface area is 177 Å². The Balaban J connectivity index is 1.74. The Hall–Kier alpha value is -3.37. The lowest BCUT2D eigenvalue weighted by atomic mass is 9.81. The second-order valence-electron chi connectivity index (χ2n) is 7.27. The van der Waals surface area contributed by atoms with Crippen LogP contribution < -0.4 is 5.06 Å². The van der Waals surface area contributed by atoms with Gasteiger partial charge in [0.1, 0.15) is 0 Å². The number of rotatable bonds is 5. The number of benzene rings is 3. The van der Waals surface area contributed by atoms with Gasteiger partial charge in [0, 0.05) is 5.92 Å². The standard InChI is InChI=1S/C26H25NO3/c1-3-29-26(28)22-14-16-23(17-15-22)27-25(21-12-8-5-9-13-21)24(19(2)18-30-27)20-10-6-4-7-11-20/h4-17,24-25H,2-3,18H2,1H3/t24-,25-/m1/s1. The number of hydrogen-bond donors (Lipinski definition) is 0. The molecule has 1 aliphatic heterocycles. The summed E-state index contributed by atoms with van der Waals surface area (Å²) >= 11 is 0. The van der Waals surface area contributed by atoms with E-state index in [0.717, 1.165) is 16.8 Å². The first-order valence-electron chi connectivity index (χ1n) is 10.2. The summed E-state index contributed by atoms with van der Waals surface area (Å²) in [5.74, 6) is -0.245. The maximum Gasteiger partial charge on any atom is 0.338 e. The summed E-state index contributed by atoms with van der Waals surface area (Å²) in [6.45, 7) is 6.91. The van der Waals surface area contributed by atoms with Gasteiger partial charge < -0.3 is 4.74 Å². The molecule has 1 fully saturated rings. The molecule has 1 aliphatic rings. The van der Waals surface area contributed by atoms with Crippen LogP contribution in [0.4, 0.5) is 5.69 Å². The van der Waals surface area contributed by atoms with Gasteiger partial charge in [-0.1, -0.05) is 67.2 Å². The van der Waals surface area contributed by atoms with Crippen molar-refractivity contribution in [3.05, 3.63) is 114 Å². The molecular formula is C26H25NO3.